The first-order valence-electron chi connectivity index (χ1n) is 7.32. The number of hydrogen-bond donors (Lipinski definition) is 1. The van der Waals surface area contributed by atoms with E-state index in [2.05, 4.69) is 57.2 Å². The van der Waals surface area contributed by atoms with Crippen molar-refractivity contribution < 1.29 is 0 Å². The van der Waals surface area contributed by atoms with Gasteiger partial charge in [0.2, 0.25) is 0 Å². The molecule has 0 aliphatic carbocycles. The molecule has 22 heavy (non-hydrogen) atoms. The zero-order chi connectivity index (χ0) is 15.3. The Bertz CT molecular complexity index is 1040. The summed E-state index contributed by atoms with van der Waals surface area (Å²) in [4.78, 5) is 7.74. The minimum Gasteiger partial charge on any atom is -0.331 e. The van der Waals surface area contributed by atoms with Crippen LogP contribution >= 0.6 is 12.2 Å². The maximum Gasteiger partial charge on any atom is 0.178 e. The molecule has 0 spiro atoms. The fraction of sp³-hybridized carbons (Fsp3) is 0.176. The molecule has 2 aromatic heterocycles. The molecule has 2 aromatic carbocycles. The molecule has 0 saturated heterocycles. The van der Waals surface area contributed by atoms with Crippen molar-refractivity contribution in [1.82, 2.24) is 19.1 Å². The van der Waals surface area contributed by atoms with Gasteiger partial charge in [0.1, 0.15) is 6.33 Å². The van der Waals surface area contributed by atoms with Gasteiger partial charge in [0, 0.05) is 11.7 Å². The highest BCUT2D eigenvalue weighted by molar-refractivity contribution is 7.71. The van der Waals surface area contributed by atoms with Crippen molar-refractivity contribution in [1.29, 1.82) is 0 Å². The third-order valence-electron chi connectivity index (χ3n) is 3.95. The topological polar surface area (TPSA) is 38.5 Å². The molecule has 4 aromatic rings. The van der Waals surface area contributed by atoms with E-state index in [1.165, 1.54) is 0 Å². The van der Waals surface area contributed by atoms with Gasteiger partial charge in [-0.1, -0.05) is 12.1 Å². The minimum atomic E-state index is 0.316. The van der Waals surface area contributed by atoms with E-state index >= 15 is 0 Å². The average molecular weight is 308 g/mol. The lowest BCUT2D eigenvalue weighted by Crippen LogP contribution is -2.01. The molecule has 0 atom stereocenters. The van der Waals surface area contributed by atoms with Crippen molar-refractivity contribution >= 4 is 34.3 Å². The number of hydrogen-bond acceptors (Lipinski definition) is 2. The van der Waals surface area contributed by atoms with Gasteiger partial charge in [-0.3, -0.25) is 4.57 Å². The molecule has 0 fully saturated rings. The van der Waals surface area contributed by atoms with Gasteiger partial charge >= 0.3 is 0 Å². The largest absolute Gasteiger partial charge is 0.331 e. The Labute approximate surface area is 133 Å². The van der Waals surface area contributed by atoms with Gasteiger partial charge in [0.15, 0.2) is 4.77 Å². The van der Waals surface area contributed by atoms with E-state index in [9.17, 15) is 0 Å². The normalized spacial score (nSPS) is 11.8. The molecule has 5 heteroatoms. The summed E-state index contributed by atoms with van der Waals surface area (Å²) >= 11 is 5.44. The van der Waals surface area contributed by atoms with Gasteiger partial charge in [0.25, 0.3) is 0 Å². The molecule has 0 aliphatic heterocycles. The van der Waals surface area contributed by atoms with E-state index < -0.39 is 0 Å². The second kappa shape index (κ2) is 4.81. The molecule has 0 bridgehead atoms. The molecule has 4 rings (SSSR count). The fourth-order valence-electron chi connectivity index (χ4n) is 2.94. The van der Waals surface area contributed by atoms with Crippen LogP contribution in [0.15, 0.2) is 48.8 Å². The highest BCUT2D eigenvalue weighted by Gasteiger charge is 2.10. The van der Waals surface area contributed by atoms with Crippen molar-refractivity contribution in [2.45, 2.75) is 19.9 Å². The molecule has 0 radical (unpaired) electrons. The van der Waals surface area contributed by atoms with Crippen LogP contribution in [0.25, 0.3) is 27.8 Å². The summed E-state index contributed by atoms with van der Waals surface area (Å²) in [6, 6.07) is 14.8. The Morgan fingerprint density at radius 3 is 2.73 bits per heavy atom. The summed E-state index contributed by atoms with van der Waals surface area (Å²) in [6.45, 7) is 4.28. The standard InChI is InChI=1S/C17H16N4S/c1-11(2)21-16-9-12(7-8-14(16)19-17(21)22)20-10-18-13-5-3-4-6-15(13)20/h3-11H,1-2H3,(H,19,22). The fourth-order valence-corrected chi connectivity index (χ4v) is 3.36. The van der Waals surface area contributed by atoms with Crippen molar-refractivity contribution in [2.75, 3.05) is 0 Å². The SMILES string of the molecule is CC(C)n1c(=S)[nH]c2ccc(-n3cnc4ccccc43)cc21. The number of rotatable bonds is 2. The molecule has 0 aliphatic rings. The van der Waals surface area contributed by atoms with Gasteiger partial charge in [-0.25, -0.2) is 4.98 Å². The molecule has 4 nitrogen and oxygen atoms in total. The van der Waals surface area contributed by atoms with Crippen LogP contribution in [-0.4, -0.2) is 19.1 Å². The summed E-state index contributed by atoms with van der Waals surface area (Å²) in [5.74, 6) is 0. The van der Waals surface area contributed by atoms with E-state index in [1.54, 1.807) is 0 Å². The van der Waals surface area contributed by atoms with Gasteiger partial charge in [-0.05, 0) is 56.4 Å². The molecule has 0 saturated carbocycles. The lowest BCUT2D eigenvalue weighted by atomic mass is 10.2. The first-order chi connectivity index (χ1) is 10.6. The van der Waals surface area contributed by atoms with Gasteiger partial charge in [0.05, 0.1) is 22.1 Å². The zero-order valence-electron chi connectivity index (χ0n) is 12.4. The number of nitrogens with zero attached hydrogens (tertiary/aromatic N) is 3. The first kappa shape index (κ1) is 13.3. The third kappa shape index (κ3) is 1.89. The Kier molecular flexibility index (Phi) is 2.90. The minimum absolute atomic E-state index is 0.316. The van der Waals surface area contributed by atoms with E-state index in [0.29, 0.717) is 6.04 Å². The van der Waals surface area contributed by atoms with E-state index in [0.717, 1.165) is 32.5 Å². The maximum absolute atomic E-state index is 5.44. The van der Waals surface area contributed by atoms with Crippen molar-refractivity contribution in [3.05, 3.63) is 53.6 Å². The van der Waals surface area contributed by atoms with Crippen LogP contribution in [0.1, 0.15) is 19.9 Å². The number of fused-ring (bicyclic) bond motifs is 2. The maximum atomic E-state index is 5.44. The van der Waals surface area contributed by atoms with Crippen LogP contribution in [-0.2, 0) is 0 Å². The molecule has 1 N–H and O–H groups in total. The second-order valence-corrected chi connectivity index (χ2v) is 6.09. The van der Waals surface area contributed by atoms with Gasteiger partial charge in [-0.2, -0.15) is 0 Å². The van der Waals surface area contributed by atoms with Crippen molar-refractivity contribution in [2.24, 2.45) is 0 Å². The van der Waals surface area contributed by atoms with Gasteiger partial charge in [-0.15, -0.1) is 0 Å². The van der Waals surface area contributed by atoms with Gasteiger partial charge < -0.3 is 9.55 Å². The summed E-state index contributed by atoms with van der Waals surface area (Å²) < 4.78 is 5.01. The Balaban J connectivity index is 2.00. The Hall–Kier alpha value is -2.40. The number of aromatic nitrogens is 4. The summed E-state index contributed by atoms with van der Waals surface area (Å²) in [7, 11) is 0. The zero-order valence-corrected chi connectivity index (χ0v) is 13.3. The summed E-state index contributed by atoms with van der Waals surface area (Å²) in [5.41, 5.74) is 5.37. The number of imidazole rings is 2. The number of nitrogens with one attached hydrogen (secondary N) is 1. The third-order valence-corrected chi connectivity index (χ3v) is 4.25. The van der Waals surface area contributed by atoms with E-state index in [-0.39, 0.29) is 0 Å². The lowest BCUT2D eigenvalue weighted by Gasteiger charge is -2.10. The van der Waals surface area contributed by atoms with Crippen molar-refractivity contribution in [3.8, 4) is 5.69 Å². The summed E-state index contributed by atoms with van der Waals surface area (Å²) in [6.07, 6.45) is 1.87. The molecular weight excluding hydrogens is 292 g/mol. The highest BCUT2D eigenvalue weighted by atomic mass is 32.1. The molecular formula is C17H16N4S. The Morgan fingerprint density at radius 1 is 1.09 bits per heavy atom. The quantitative estimate of drug-likeness (QED) is 0.549. The van der Waals surface area contributed by atoms with Crippen molar-refractivity contribution in [3.63, 3.8) is 0 Å². The lowest BCUT2D eigenvalue weighted by molar-refractivity contribution is 0.610. The number of H-pyrrole nitrogens is 1. The number of aromatic amines is 1. The summed E-state index contributed by atoms with van der Waals surface area (Å²) in [5, 5.41) is 0. The monoisotopic (exact) mass is 308 g/mol. The molecule has 0 unspecified atom stereocenters. The number of benzene rings is 2. The second-order valence-electron chi connectivity index (χ2n) is 5.70. The Morgan fingerprint density at radius 2 is 1.91 bits per heavy atom. The molecule has 2 heterocycles. The van der Waals surface area contributed by atoms with E-state index in [4.69, 9.17) is 12.2 Å². The number of para-hydroxylation sites is 2. The van der Waals surface area contributed by atoms with Crippen LogP contribution in [0.4, 0.5) is 0 Å². The average Bonchev–Trinajstić information content (AvgIpc) is 3.06. The van der Waals surface area contributed by atoms with Crippen LogP contribution in [0.2, 0.25) is 0 Å². The first-order valence-corrected chi connectivity index (χ1v) is 7.73. The predicted octanol–water partition coefficient (Wildman–Crippen LogP) is 4.62. The van der Waals surface area contributed by atoms with Crippen LogP contribution in [0.5, 0.6) is 0 Å². The predicted molar refractivity (Wildman–Crippen MR) is 92.1 cm³/mol. The molecule has 110 valence electrons. The van der Waals surface area contributed by atoms with Crippen LogP contribution in [0, 0.1) is 4.77 Å². The highest BCUT2D eigenvalue weighted by Crippen LogP contribution is 2.24. The van der Waals surface area contributed by atoms with Crippen LogP contribution in [0.3, 0.4) is 0 Å². The van der Waals surface area contributed by atoms with E-state index in [1.807, 2.05) is 24.5 Å². The molecule has 0 amide bonds. The smallest absolute Gasteiger partial charge is 0.178 e. The van der Waals surface area contributed by atoms with Crippen LogP contribution < -0.4 is 0 Å².